The summed E-state index contributed by atoms with van der Waals surface area (Å²) in [5, 5.41) is 19.4. The first kappa shape index (κ1) is 19.5. The molecule has 10 heteroatoms. The first-order valence-electron chi connectivity index (χ1n) is 3.48. The second kappa shape index (κ2) is 7.59. The van der Waals surface area contributed by atoms with E-state index in [1.54, 1.807) is 0 Å². The molecule has 0 fully saturated rings. The fraction of sp³-hybridized carbons (Fsp3) is 0. The van der Waals surface area contributed by atoms with Gasteiger partial charge in [-0.1, -0.05) is 6.07 Å². The molecule has 1 rings (SSSR count). The van der Waals surface area contributed by atoms with Gasteiger partial charge in [0.05, 0.1) is 5.56 Å². The molecular formula is C7H4Na2O7S. The van der Waals surface area contributed by atoms with Crippen LogP contribution in [0.15, 0.2) is 18.2 Å². The van der Waals surface area contributed by atoms with Gasteiger partial charge in [0, 0.05) is 0 Å². The molecule has 1 aromatic rings. The number of aromatic carboxylic acids is 1. The van der Waals surface area contributed by atoms with Crippen molar-refractivity contribution in [3.05, 3.63) is 23.8 Å². The largest absolute Gasteiger partial charge is 1.00 e. The van der Waals surface area contributed by atoms with Crippen molar-refractivity contribution in [2.45, 2.75) is 0 Å². The van der Waals surface area contributed by atoms with Crippen molar-refractivity contribution in [3.63, 3.8) is 0 Å². The van der Waals surface area contributed by atoms with Crippen molar-refractivity contribution < 1.29 is 91.3 Å². The van der Waals surface area contributed by atoms with Gasteiger partial charge in [-0.15, -0.1) is 5.75 Å². The molecule has 0 amide bonds. The molecule has 0 saturated heterocycles. The normalized spacial score (nSPS) is 9.71. The molecule has 0 aliphatic rings. The van der Waals surface area contributed by atoms with Crippen molar-refractivity contribution in [1.29, 1.82) is 0 Å². The van der Waals surface area contributed by atoms with Gasteiger partial charge in [0.15, 0.2) is 0 Å². The van der Waals surface area contributed by atoms with Crippen LogP contribution >= 0.6 is 0 Å². The van der Waals surface area contributed by atoms with Gasteiger partial charge >= 0.3 is 65.1 Å². The summed E-state index contributed by atoms with van der Waals surface area (Å²) in [6, 6.07) is 2.23. The Bertz CT molecular complexity index is 499. The third-order valence-electron chi connectivity index (χ3n) is 1.33. The average molecular weight is 278 g/mol. The first-order chi connectivity index (χ1) is 6.78. The maximum absolute atomic E-state index is 10.9. The molecule has 1 aromatic carbocycles. The van der Waals surface area contributed by atoms with Gasteiger partial charge in [0.1, 0.15) is 5.75 Å². The van der Waals surface area contributed by atoms with Crippen molar-refractivity contribution in [3.8, 4) is 11.5 Å². The van der Waals surface area contributed by atoms with Crippen LogP contribution in [0.3, 0.4) is 0 Å². The van der Waals surface area contributed by atoms with Crippen LogP contribution in [0.4, 0.5) is 0 Å². The van der Waals surface area contributed by atoms with Gasteiger partial charge in [-0.05, 0) is 12.1 Å². The average Bonchev–Trinajstić information content (AvgIpc) is 1.99. The Morgan fingerprint density at radius 2 is 1.76 bits per heavy atom. The van der Waals surface area contributed by atoms with Gasteiger partial charge in [-0.2, -0.15) is 0 Å². The summed E-state index contributed by atoms with van der Waals surface area (Å²) >= 11 is 0. The van der Waals surface area contributed by atoms with Gasteiger partial charge in [-0.25, -0.2) is 13.2 Å². The zero-order valence-corrected chi connectivity index (χ0v) is 13.9. The number of hydrogen-bond donors (Lipinski definition) is 1. The molecule has 7 nitrogen and oxygen atoms in total. The SMILES string of the molecule is O=C(O)c1cc([O-])cc(OS(=O)(=O)[O-])c1.[Na+].[Na+]. The Morgan fingerprint density at radius 1 is 1.24 bits per heavy atom. The van der Waals surface area contributed by atoms with Gasteiger partial charge in [0.2, 0.25) is 0 Å². The molecule has 17 heavy (non-hydrogen) atoms. The molecule has 0 heterocycles. The summed E-state index contributed by atoms with van der Waals surface area (Å²) in [4.78, 5) is 10.4. The predicted octanol–water partition coefficient (Wildman–Crippen LogP) is -6.69. The second-order valence-electron chi connectivity index (χ2n) is 2.49. The summed E-state index contributed by atoms with van der Waals surface area (Å²) in [7, 11) is -5.02. The van der Waals surface area contributed by atoms with E-state index in [0.717, 1.165) is 12.1 Å². The van der Waals surface area contributed by atoms with Crippen molar-refractivity contribution in [2.24, 2.45) is 0 Å². The van der Waals surface area contributed by atoms with Crippen LogP contribution in [0, 0.1) is 0 Å². The van der Waals surface area contributed by atoms with Crippen LogP contribution in [0.2, 0.25) is 0 Å². The quantitative estimate of drug-likeness (QED) is 0.331. The zero-order chi connectivity index (χ0) is 11.6. The molecule has 0 spiro atoms. The van der Waals surface area contributed by atoms with Crippen LogP contribution in [-0.2, 0) is 10.4 Å². The minimum Gasteiger partial charge on any atom is -0.872 e. The summed E-state index contributed by atoms with van der Waals surface area (Å²) in [5.41, 5.74) is -0.457. The van der Waals surface area contributed by atoms with Crippen LogP contribution in [-0.4, -0.2) is 24.0 Å². The van der Waals surface area contributed by atoms with Gasteiger partial charge in [-0.3, -0.25) is 0 Å². The second-order valence-corrected chi connectivity index (χ2v) is 3.47. The number of carboxylic acid groups (broad SMARTS) is 1. The molecule has 1 N–H and O–H groups in total. The van der Waals surface area contributed by atoms with E-state index >= 15 is 0 Å². The number of hydrogen-bond acceptors (Lipinski definition) is 6. The standard InChI is InChI=1S/C7H6O7S.2Na/c8-5-1-4(7(9)10)2-6(3-5)14-15(11,12)13;;/h1-3,8H,(H,9,10)(H,11,12,13);;/q;2*+1/p-2. The van der Waals surface area contributed by atoms with Crippen LogP contribution in [0.1, 0.15) is 10.4 Å². The number of rotatable bonds is 3. The number of carboxylic acids is 1. The smallest absolute Gasteiger partial charge is 0.872 e. The third-order valence-corrected chi connectivity index (χ3v) is 1.72. The molecule has 0 aromatic heterocycles. The minimum atomic E-state index is -5.02. The van der Waals surface area contributed by atoms with Crippen molar-refractivity contribution in [2.75, 3.05) is 0 Å². The summed E-state index contributed by atoms with van der Waals surface area (Å²) in [6.07, 6.45) is 0. The number of carbonyl (C=O) groups is 1. The minimum absolute atomic E-state index is 0. The van der Waals surface area contributed by atoms with E-state index in [1.165, 1.54) is 0 Å². The molecule has 0 atom stereocenters. The van der Waals surface area contributed by atoms with Gasteiger partial charge < -0.3 is 18.9 Å². The van der Waals surface area contributed by atoms with E-state index < -0.39 is 33.4 Å². The fourth-order valence-electron chi connectivity index (χ4n) is 0.861. The molecule has 0 bridgehead atoms. The third kappa shape index (κ3) is 7.27. The topological polar surface area (TPSA) is 127 Å². The van der Waals surface area contributed by atoms with Crippen LogP contribution < -0.4 is 68.4 Å². The number of benzene rings is 1. The Kier molecular flexibility index (Phi) is 8.73. The first-order valence-corrected chi connectivity index (χ1v) is 4.82. The van der Waals surface area contributed by atoms with Crippen molar-refractivity contribution >= 4 is 16.4 Å². The summed E-state index contributed by atoms with van der Waals surface area (Å²) < 4.78 is 34.3. The monoisotopic (exact) mass is 278 g/mol. The van der Waals surface area contributed by atoms with Crippen LogP contribution in [0.25, 0.3) is 0 Å². The molecular weight excluding hydrogens is 274 g/mol. The molecule has 0 saturated carbocycles. The molecule has 0 radical (unpaired) electrons. The Hall–Kier alpha value is 0.200. The van der Waals surface area contributed by atoms with E-state index in [4.69, 9.17) is 5.11 Å². The summed E-state index contributed by atoms with van der Waals surface area (Å²) in [5.74, 6) is -2.82. The molecule has 0 aliphatic heterocycles. The van der Waals surface area contributed by atoms with Crippen molar-refractivity contribution in [1.82, 2.24) is 0 Å². The molecule has 82 valence electrons. The Morgan fingerprint density at radius 3 is 2.18 bits per heavy atom. The van der Waals surface area contributed by atoms with E-state index in [2.05, 4.69) is 4.18 Å². The Labute approximate surface area is 141 Å². The maximum Gasteiger partial charge on any atom is 1.00 e. The predicted molar refractivity (Wildman–Crippen MR) is 43.2 cm³/mol. The van der Waals surface area contributed by atoms with E-state index in [9.17, 15) is 22.9 Å². The van der Waals surface area contributed by atoms with E-state index in [0.29, 0.717) is 6.07 Å². The van der Waals surface area contributed by atoms with E-state index in [1.807, 2.05) is 0 Å². The molecule has 0 unspecified atom stereocenters. The Balaban J connectivity index is 0. The van der Waals surface area contributed by atoms with Crippen LogP contribution in [0.5, 0.6) is 11.5 Å². The van der Waals surface area contributed by atoms with Gasteiger partial charge in [0.25, 0.3) is 10.4 Å². The van der Waals surface area contributed by atoms with E-state index in [-0.39, 0.29) is 59.1 Å². The fourth-order valence-corrected chi connectivity index (χ4v) is 1.19. The maximum atomic E-state index is 10.9. The molecule has 0 aliphatic carbocycles. The summed E-state index contributed by atoms with van der Waals surface area (Å²) in [6.45, 7) is 0. The zero-order valence-electron chi connectivity index (χ0n) is 9.04.